The fourth-order valence-electron chi connectivity index (χ4n) is 4.00. The number of hydrogen-bond acceptors (Lipinski definition) is 7. The topological polar surface area (TPSA) is 96.0 Å². The van der Waals surface area contributed by atoms with Crippen molar-refractivity contribution in [2.24, 2.45) is 0 Å². The Bertz CT molecular complexity index is 1530. The summed E-state index contributed by atoms with van der Waals surface area (Å²) in [5.74, 6) is 0.739. The second-order valence-electron chi connectivity index (χ2n) is 9.23. The number of allylic oxidation sites excluding steroid dienone is 1. The molecule has 0 bridgehead atoms. The summed E-state index contributed by atoms with van der Waals surface area (Å²) in [4.78, 5) is 0. The van der Waals surface area contributed by atoms with E-state index in [4.69, 9.17) is 13.1 Å². The van der Waals surface area contributed by atoms with E-state index in [1.165, 1.54) is 0 Å². The first-order valence-corrected chi connectivity index (χ1v) is 15.9. The van der Waals surface area contributed by atoms with Gasteiger partial charge in [-0.15, -0.1) is 0 Å². The minimum absolute atomic E-state index is 0.137. The predicted molar refractivity (Wildman–Crippen MR) is 152 cm³/mol. The molecule has 0 amide bonds. The molecule has 0 unspecified atom stereocenters. The average molecular weight is 559 g/mol. The van der Waals surface area contributed by atoms with Gasteiger partial charge < -0.3 is 13.1 Å². The van der Waals surface area contributed by atoms with Gasteiger partial charge in [-0.2, -0.15) is 16.8 Å². The molecule has 0 saturated carbocycles. The second-order valence-corrected chi connectivity index (χ2v) is 12.4. The van der Waals surface area contributed by atoms with Gasteiger partial charge in [-0.3, -0.25) is 0 Å². The van der Waals surface area contributed by atoms with Crippen molar-refractivity contribution < 1.29 is 29.9 Å². The van der Waals surface area contributed by atoms with Crippen LogP contribution in [0.4, 0.5) is 0 Å². The van der Waals surface area contributed by atoms with Crippen LogP contribution < -0.4 is 13.1 Å². The van der Waals surface area contributed by atoms with E-state index in [2.05, 4.69) is 26.0 Å². The zero-order chi connectivity index (χ0) is 28.1. The molecule has 38 heavy (non-hydrogen) atoms. The van der Waals surface area contributed by atoms with Crippen molar-refractivity contribution >= 4 is 20.2 Å². The molecule has 3 aromatic rings. The number of ether oxygens (including phenoxy) is 1. The monoisotopic (exact) mass is 558 g/mol. The van der Waals surface area contributed by atoms with E-state index >= 15 is 0 Å². The summed E-state index contributed by atoms with van der Waals surface area (Å²) >= 11 is 0. The van der Waals surface area contributed by atoms with E-state index in [0.717, 1.165) is 64.3 Å². The number of rotatable bonds is 11. The van der Waals surface area contributed by atoms with E-state index in [-0.39, 0.29) is 11.5 Å². The Kier molecular flexibility index (Phi) is 9.27. The molecule has 9 heteroatoms. The lowest BCUT2D eigenvalue weighted by Gasteiger charge is -2.18. The molecule has 0 heterocycles. The molecule has 0 radical (unpaired) electrons. The predicted octanol–water partition coefficient (Wildman–Crippen LogP) is 6.17. The van der Waals surface area contributed by atoms with Gasteiger partial charge in [0.1, 0.15) is 12.4 Å². The molecule has 0 spiro atoms. The SMILES string of the molecule is CCc1cc(-c2ccc(OCC=C(C)C)c(OS(C)(=O)=O)c2)c(CC)cc1-c1ccc(OS(C)(=O)=O)cc1. The van der Waals surface area contributed by atoms with Crippen LogP contribution in [0.3, 0.4) is 0 Å². The fraction of sp³-hybridized carbons (Fsp3) is 0.310. The summed E-state index contributed by atoms with van der Waals surface area (Å²) in [6.45, 7) is 8.33. The normalized spacial score (nSPS) is 11.6. The van der Waals surface area contributed by atoms with Gasteiger partial charge in [0.25, 0.3) is 0 Å². The number of hydrogen-bond donors (Lipinski definition) is 0. The summed E-state index contributed by atoms with van der Waals surface area (Å²) in [5, 5.41) is 0. The van der Waals surface area contributed by atoms with Crippen LogP contribution in [0.5, 0.6) is 17.2 Å². The molecule has 3 rings (SSSR count). The van der Waals surface area contributed by atoms with Crippen molar-refractivity contribution in [1.82, 2.24) is 0 Å². The summed E-state index contributed by atoms with van der Waals surface area (Å²) < 4.78 is 62.9. The lowest BCUT2D eigenvalue weighted by atomic mass is 9.89. The highest BCUT2D eigenvalue weighted by atomic mass is 32.2. The summed E-state index contributed by atoms with van der Waals surface area (Å²) in [7, 11) is -7.37. The van der Waals surface area contributed by atoms with Gasteiger partial charge in [0.15, 0.2) is 11.5 Å². The van der Waals surface area contributed by atoms with Crippen molar-refractivity contribution in [1.29, 1.82) is 0 Å². The molecule has 0 atom stereocenters. The van der Waals surface area contributed by atoms with Crippen molar-refractivity contribution in [2.45, 2.75) is 40.5 Å². The highest BCUT2D eigenvalue weighted by Gasteiger charge is 2.17. The molecule has 0 aliphatic rings. The Morgan fingerprint density at radius 3 is 1.74 bits per heavy atom. The van der Waals surface area contributed by atoms with Gasteiger partial charge in [0.2, 0.25) is 0 Å². The van der Waals surface area contributed by atoms with Crippen LogP contribution >= 0.6 is 0 Å². The Balaban J connectivity index is 2.07. The van der Waals surface area contributed by atoms with E-state index < -0.39 is 20.2 Å². The maximum atomic E-state index is 12.0. The molecule has 7 nitrogen and oxygen atoms in total. The molecular formula is C29H34O7S2. The fourth-order valence-corrected chi connectivity index (χ4v) is 4.91. The van der Waals surface area contributed by atoms with Gasteiger partial charge in [-0.05, 0) is 90.4 Å². The minimum atomic E-state index is -3.77. The van der Waals surface area contributed by atoms with Crippen LogP contribution in [0, 0.1) is 0 Å². The lowest BCUT2D eigenvalue weighted by molar-refractivity contribution is 0.347. The third-order valence-corrected chi connectivity index (χ3v) is 6.71. The lowest BCUT2D eigenvalue weighted by Crippen LogP contribution is -2.08. The van der Waals surface area contributed by atoms with Crippen LogP contribution in [0.2, 0.25) is 0 Å². The first kappa shape index (κ1) is 29.3. The molecule has 0 N–H and O–H groups in total. The van der Waals surface area contributed by atoms with Gasteiger partial charge >= 0.3 is 20.2 Å². The molecule has 0 saturated heterocycles. The first-order valence-electron chi connectivity index (χ1n) is 12.2. The van der Waals surface area contributed by atoms with Crippen molar-refractivity contribution in [3.63, 3.8) is 0 Å². The summed E-state index contributed by atoms with van der Waals surface area (Å²) in [6.07, 6.45) is 5.41. The molecule has 0 fully saturated rings. The Hall–Kier alpha value is -3.30. The van der Waals surface area contributed by atoms with E-state index in [0.29, 0.717) is 12.4 Å². The zero-order valence-corrected chi connectivity index (χ0v) is 24.2. The van der Waals surface area contributed by atoms with Crippen LogP contribution in [0.1, 0.15) is 38.8 Å². The largest absolute Gasteiger partial charge is 0.486 e. The Morgan fingerprint density at radius 2 is 1.24 bits per heavy atom. The third kappa shape index (κ3) is 8.10. The quantitative estimate of drug-likeness (QED) is 0.205. The van der Waals surface area contributed by atoms with E-state index in [9.17, 15) is 16.8 Å². The summed E-state index contributed by atoms with van der Waals surface area (Å²) in [6, 6.07) is 16.5. The standard InChI is InChI=1S/C29H34O7S2/c1-7-21-18-27(22(8-2)17-26(21)23-9-12-25(13-10-23)35-37(5,30)31)24-11-14-28(34-16-15-20(3)4)29(19-24)36-38(6,32)33/h9-15,17-19H,7-8,16H2,1-6H3. The van der Waals surface area contributed by atoms with E-state index in [1.54, 1.807) is 24.3 Å². The van der Waals surface area contributed by atoms with Crippen molar-refractivity contribution in [2.75, 3.05) is 19.1 Å². The maximum Gasteiger partial charge on any atom is 0.306 e. The van der Waals surface area contributed by atoms with Gasteiger partial charge in [0, 0.05) is 0 Å². The molecule has 0 aromatic heterocycles. The van der Waals surface area contributed by atoms with Crippen LogP contribution in [0.25, 0.3) is 22.3 Å². The van der Waals surface area contributed by atoms with Crippen LogP contribution in [-0.4, -0.2) is 36.0 Å². The second kappa shape index (κ2) is 12.0. The maximum absolute atomic E-state index is 12.0. The number of aryl methyl sites for hydroxylation is 2. The minimum Gasteiger partial charge on any atom is -0.486 e. The molecule has 0 aliphatic carbocycles. The van der Waals surface area contributed by atoms with E-state index in [1.807, 2.05) is 38.1 Å². The van der Waals surface area contributed by atoms with Gasteiger partial charge in [-0.1, -0.05) is 49.8 Å². The van der Waals surface area contributed by atoms with Crippen LogP contribution in [-0.2, 0) is 33.1 Å². The highest BCUT2D eigenvalue weighted by Crippen LogP contribution is 2.38. The molecule has 204 valence electrons. The van der Waals surface area contributed by atoms with Gasteiger partial charge in [0.05, 0.1) is 12.5 Å². The van der Waals surface area contributed by atoms with Crippen LogP contribution in [0.15, 0.2) is 66.2 Å². The average Bonchev–Trinajstić information content (AvgIpc) is 2.82. The van der Waals surface area contributed by atoms with Gasteiger partial charge in [-0.25, -0.2) is 0 Å². The molecule has 3 aromatic carbocycles. The number of benzene rings is 3. The zero-order valence-electron chi connectivity index (χ0n) is 22.6. The third-order valence-electron chi connectivity index (χ3n) is 5.73. The first-order chi connectivity index (χ1) is 17.8. The van der Waals surface area contributed by atoms with Crippen molar-refractivity contribution in [3.8, 4) is 39.5 Å². The molecular weight excluding hydrogens is 524 g/mol. The summed E-state index contributed by atoms with van der Waals surface area (Å²) in [5.41, 5.74) is 7.00. The smallest absolute Gasteiger partial charge is 0.306 e. The Labute approximate surface area is 226 Å². The molecule has 0 aliphatic heterocycles. The Morgan fingerprint density at radius 1 is 0.711 bits per heavy atom. The van der Waals surface area contributed by atoms with Crippen molar-refractivity contribution in [3.05, 3.63) is 77.4 Å². The highest BCUT2D eigenvalue weighted by molar-refractivity contribution is 7.86.